The van der Waals surface area contributed by atoms with Crippen molar-refractivity contribution in [2.45, 2.75) is 25.8 Å². The fourth-order valence-corrected chi connectivity index (χ4v) is 2.58. The van der Waals surface area contributed by atoms with Gasteiger partial charge in [0, 0.05) is 32.2 Å². The molecule has 20 heavy (non-hydrogen) atoms. The zero-order valence-corrected chi connectivity index (χ0v) is 13.3. The number of piperazine rings is 1. The second-order valence-corrected chi connectivity index (χ2v) is 4.84. The van der Waals surface area contributed by atoms with Gasteiger partial charge in [-0.3, -0.25) is 4.90 Å². The molecule has 6 heteroatoms. The van der Waals surface area contributed by atoms with Crippen LogP contribution in [-0.2, 0) is 0 Å². The molecule has 116 valence electrons. The fraction of sp³-hybridized carbons (Fsp3) is 0.571. The summed E-state index contributed by atoms with van der Waals surface area (Å²) in [7, 11) is 0. The number of halogens is 2. The first-order valence-corrected chi connectivity index (χ1v) is 6.69. The van der Waals surface area contributed by atoms with Gasteiger partial charge < -0.3 is 15.5 Å². The molecule has 1 fully saturated rings. The standard InChI is InChI=1S/C14H22N2O2.2ClH/c1-2-3-12(16-8-6-15-7-9-16)11-4-5-13(17)14(18)10-11;;/h4-5,10,12,15,17-18H,2-3,6-9H2,1H3;2*1H/t12-;;/m0../s1. The van der Waals surface area contributed by atoms with Gasteiger partial charge >= 0.3 is 0 Å². The first kappa shape index (κ1) is 19.3. The Balaban J connectivity index is 0.00000180. The van der Waals surface area contributed by atoms with Crippen molar-refractivity contribution >= 4 is 24.8 Å². The van der Waals surface area contributed by atoms with Crippen molar-refractivity contribution in [2.75, 3.05) is 26.2 Å². The molecule has 1 aromatic carbocycles. The van der Waals surface area contributed by atoms with Gasteiger partial charge in [-0.25, -0.2) is 0 Å². The molecule has 4 nitrogen and oxygen atoms in total. The van der Waals surface area contributed by atoms with E-state index in [0.717, 1.165) is 44.6 Å². The van der Waals surface area contributed by atoms with Crippen LogP contribution in [0.5, 0.6) is 11.5 Å². The van der Waals surface area contributed by atoms with Gasteiger partial charge in [-0.05, 0) is 24.1 Å². The summed E-state index contributed by atoms with van der Waals surface area (Å²) < 4.78 is 0. The number of hydrogen-bond donors (Lipinski definition) is 3. The Morgan fingerprint density at radius 3 is 2.35 bits per heavy atom. The van der Waals surface area contributed by atoms with Gasteiger partial charge in [0.2, 0.25) is 0 Å². The summed E-state index contributed by atoms with van der Waals surface area (Å²) in [6, 6.07) is 5.52. The summed E-state index contributed by atoms with van der Waals surface area (Å²) >= 11 is 0. The van der Waals surface area contributed by atoms with Crippen LogP contribution in [-0.4, -0.2) is 41.3 Å². The lowest BCUT2D eigenvalue weighted by molar-refractivity contribution is 0.164. The predicted molar refractivity (Wildman–Crippen MR) is 86.4 cm³/mol. The number of phenols is 2. The third-order valence-corrected chi connectivity index (χ3v) is 3.54. The van der Waals surface area contributed by atoms with Crippen molar-refractivity contribution < 1.29 is 10.2 Å². The Hall–Kier alpha value is -0.680. The van der Waals surface area contributed by atoms with E-state index in [1.54, 1.807) is 12.1 Å². The largest absolute Gasteiger partial charge is 0.504 e. The smallest absolute Gasteiger partial charge is 0.157 e. The third kappa shape index (κ3) is 4.70. The molecule has 0 radical (unpaired) electrons. The molecule has 1 aliphatic rings. The minimum absolute atomic E-state index is 0. The van der Waals surface area contributed by atoms with Gasteiger partial charge in [-0.2, -0.15) is 0 Å². The lowest BCUT2D eigenvalue weighted by Gasteiger charge is -2.35. The molecular formula is C14H24Cl2N2O2. The second kappa shape index (κ2) is 9.29. The maximum Gasteiger partial charge on any atom is 0.157 e. The van der Waals surface area contributed by atoms with Crippen molar-refractivity contribution in [3.63, 3.8) is 0 Å². The number of hydrogen-bond acceptors (Lipinski definition) is 4. The minimum atomic E-state index is -0.0469. The van der Waals surface area contributed by atoms with E-state index in [9.17, 15) is 10.2 Å². The van der Waals surface area contributed by atoms with Gasteiger partial charge in [-0.1, -0.05) is 19.4 Å². The van der Waals surface area contributed by atoms with Crippen molar-refractivity contribution in [1.82, 2.24) is 10.2 Å². The van der Waals surface area contributed by atoms with Crippen LogP contribution in [0.2, 0.25) is 0 Å². The maximum atomic E-state index is 9.63. The molecule has 1 aromatic rings. The topological polar surface area (TPSA) is 55.7 Å². The molecule has 0 unspecified atom stereocenters. The van der Waals surface area contributed by atoms with Crippen molar-refractivity contribution in [3.05, 3.63) is 23.8 Å². The summed E-state index contributed by atoms with van der Waals surface area (Å²) in [6.07, 6.45) is 2.18. The quantitative estimate of drug-likeness (QED) is 0.746. The van der Waals surface area contributed by atoms with Crippen LogP contribution >= 0.6 is 24.8 Å². The average Bonchev–Trinajstić information content (AvgIpc) is 2.40. The summed E-state index contributed by atoms with van der Waals surface area (Å²) in [6.45, 7) is 6.28. The van der Waals surface area contributed by atoms with E-state index < -0.39 is 0 Å². The Labute approximate surface area is 133 Å². The molecule has 0 saturated carbocycles. The molecule has 0 aromatic heterocycles. The van der Waals surface area contributed by atoms with Gasteiger partial charge in [0.15, 0.2) is 11.5 Å². The van der Waals surface area contributed by atoms with Crippen LogP contribution in [0.3, 0.4) is 0 Å². The third-order valence-electron chi connectivity index (χ3n) is 3.54. The Kier molecular flexibility index (Phi) is 8.98. The Morgan fingerprint density at radius 1 is 1.15 bits per heavy atom. The summed E-state index contributed by atoms with van der Waals surface area (Å²) in [5, 5.41) is 22.4. The van der Waals surface area contributed by atoms with Crippen LogP contribution in [0.4, 0.5) is 0 Å². The highest BCUT2D eigenvalue weighted by Crippen LogP contribution is 2.32. The summed E-state index contributed by atoms with van der Waals surface area (Å²) in [5.41, 5.74) is 1.09. The van der Waals surface area contributed by atoms with Gasteiger partial charge in [-0.15, -0.1) is 24.8 Å². The van der Waals surface area contributed by atoms with Crippen LogP contribution in [0.15, 0.2) is 18.2 Å². The minimum Gasteiger partial charge on any atom is -0.504 e. The first-order valence-electron chi connectivity index (χ1n) is 6.69. The number of nitrogens with zero attached hydrogens (tertiary/aromatic N) is 1. The van der Waals surface area contributed by atoms with Gasteiger partial charge in [0.05, 0.1) is 0 Å². The molecule has 0 aliphatic carbocycles. The summed E-state index contributed by atoms with van der Waals surface area (Å²) in [4.78, 5) is 2.45. The van der Waals surface area contributed by atoms with Crippen molar-refractivity contribution in [1.29, 1.82) is 0 Å². The monoisotopic (exact) mass is 322 g/mol. The molecule has 0 spiro atoms. The molecule has 0 amide bonds. The van der Waals surface area contributed by atoms with Crippen LogP contribution < -0.4 is 5.32 Å². The second-order valence-electron chi connectivity index (χ2n) is 4.84. The molecule has 1 saturated heterocycles. The van der Waals surface area contributed by atoms with Crippen molar-refractivity contribution in [2.24, 2.45) is 0 Å². The SMILES string of the molecule is CCC[C@@H](c1ccc(O)c(O)c1)N1CCNCC1.Cl.Cl. The Morgan fingerprint density at radius 2 is 1.80 bits per heavy atom. The molecule has 3 N–H and O–H groups in total. The van der Waals surface area contributed by atoms with E-state index in [0.29, 0.717) is 6.04 Å². The molecule has 1 heterocycles. The van der Waals surface area contributed by atoms with E-state index >= 15 is 0 Å². The normalized spacial score (nSPS) is 16.9. The summed E-state index contributed by atoms with van der Waals surface area (Å²) in [5.74, 6) is -0.0713. The number of rotatable bonds is 4. The van der Waals surface area contributed by atoms with Crippen LogP contribution in [0.25, 0.3) is 0 Å². The van der Waals surface area contributed by atoms with Crippen LogP contribution in [0.1, 0.15) is 31.4 Å². The fourth-order valence-electron chi connectivity index (χ4n) is 2.58. The number of nitrogens with one attached hydrogen (secondary N) is 1. The molecule has 1 atom stereocenters. The van der Waals surface area contributed by atoms with E-state index in [1.807, 2.05) is 6.07 Å². The first-order chi connectivity index (χ1) is 8.72. The predicted octanol–water partition coefficient (Wildman–Crippen LogP) is 2.69. The highest BCUT2D eigenvalue weighted by atomic mass is 35.5. The molecule has 1 aliphatic heterocycles. The van der Waals surface area contributed by atoms with E-state index in [1.165, 1.54) is 0 Å². The maximum absolute atomic E-state index is 9.63. The highest BCUT2D eigenvalue weighted by molar-refractivity contribution is 5.85. The lowest BCUT2D eigenvalue weighted by atomic mass is 9.99. The lowest BCUT2D eigenvalue weighted by Crippen LogP contribution is -2.45. The van der Waals surface area contributed by atoms with Gasteiger partial charge in [0.25, 0.3) is 0 Å². The number of aromatic hydroxyl groups is 2. The zero-order valence-electron chi connectivity index (χ0n) is 11.7. The molecule has 0 bridgehead atoms. The average molecular weight is 323 g/mol. The van der Waals surface area contributed by atoms with Crippen LogP contribution in [0, 0.1) is 0 Å². The number of benzene rings is 1. The van der Waals surface area contributed by atoms with E-state index in [-0.39, 0.29) is 36.3 Å². The van der Waals surface area contributed by atoms with Gasteiger partial charge in [0.1, 0.15) is 0 Å². The van der Waals surface area contributed by atoms with E-state index in [4.69, 9.17) is 0 Å². The van der Waals surface area contributed by atoms with Crippen molar-refractivity contribution in [3.8, 4) is 11.5 Å². The molecule has 2 rings (SSSR count). The van der Waals surface area contributed by atoms with E-state index in [2.05, 4.69) is 17.1 Å². The zero-order chi connectivity index (χ0) is 13.0. The number of phenolic OH excluding ortho intramolecular Hbond substituents is 2. The molecular weight excluding hydrogens is 299 g/mol. The highest BCUT2D eigenvalue weighted by Gasteiger charge is 2.21. The Bertz CT molecular complexity index is 399.